The maximum absolute atomic E-state index is 13.1. The molecule has 1 aromatic rings. The van der Waals surface area contributed by atoms with Crippen LogP contribution in [0.4, 0.5) is 0 Å². The summed E-state index contributed by atoms with van der Waals surface area (Å²) in [6.07, 6.45) is 14.1. The van der Waals surface area contributed by atoms with Crippen molar-refractivity contribution in [3.8, 4) is 5.75 Å². The Morgan fingerprint density at radius 1 is 1.15 bits per heavy atom. The van der Waals surface area contributed by atoms with Crippen molar-refractivity contribution in [1.82, 2.24) is 4.67 Å². The third kappa shape index (κ3) is 13.1. The quantitative estimate of drug-likeness (QED) is 0.0379. The predicted octanol–water partition coefficient (Wildman–Crippen LogP) is 7.35. The van der Waals surface area contributed by atoms with Gasteiger partial charge in [0.05, 0.1) is 24.2 Å². The lowest BCUT2D eigenvalue weighted by Crippen LogP contribution is -2.35. The molecule has 1 saturated heterocycles. The number of benzene rings is 1. The summed E-state index contributed by atoms with van der Waals surface area (Å²) in [5, 5.41) is 9.53. The number of carbonyl (C=O) groups is 3. The number of aliphatic hydroxyl groups is 1. The predicted molar refractivity (Wildman–Crippen MR) is 199 cm³/mol. The van der Waals surface area contributed by atoms with Crippen LogP contribution in [0.1, 0.15) is 98.3 Å². The Bertz CT molecular complexity index is 1290. The number of Topliss-reactive ketones (excluding diaryl/α,β-unsaturated/α-hetero) is 1. The number of hydrogen-bond acceptors (Lipinski definition) is 8. The van der Waals surface area contributed by atoms with Gasteiger partial charge in [-0.2, -0.15) is 0 Å². The fourth-order valence-electron chi connectivity index (χ4n) is 6.01. The lowest BCUT2D eigenvalue weighted by molar-refractivity contribution is -0.151. The Balaban J connectivity index is 1.50. The zero-order valence-electron chi connectivity index (χ0n) is 29.2. The van der Waals surface area contributed by atoms with Crippen LogP contribution in [0.15, 0.2) is 48.6 Å². The van der Waals surface area contributed by atoms with E-state index in [1.807, 2.05) is 57.2 Å². The zero-order chi connectivity index (χ0) is 35.2. The third-order valence-corrected chi connectivity index (χ3v) is 14.2. The van der Waals surface area contributed by atoms with Crippen molar-refractivity contribution in [3.05, 3.63) is 48.6 Å². The van der Waals surface area contributed by atoms with Gasteiger partial charge < -0.3 is 19.3 Å². The minimum Gasteiger partial charge on any atom is -0.461 e. The van der Waals surface area contributed by atoms with Gasteiger partial charge in [-0.15, -0.1) is 12.2 Å². The van der Waals surface area contributed by atoms with Gasteiger partial charge in [-0.05, 0) is 69.2 Å². The Morgan fingerprint density at radius 3 is 2.52 bits per heavy atom. The van der Waals surface area contributed by atoms with Crippen LogP contribution in [-0.2, 0) is 35.7 Å². The lowest BCUT2D eigenvalue weighted by atomic mass is 9.88. The van der Waals surface area contributed by atoms with E-state index in [9.17, 15) is 19.5 Å². The molecule has 0 amide bonds. The Labute approximate surface area is 298 Å². The van der Waals surface area contributed by atoms with E-state index >= 15 is 0 Å². The molecule has 0 bridgehead atoms. The molecular weight excluding hydrogens is 666 g/mol. The van der Waals surface area contributed by atoms with Crippen LogP contribution in [0.3, 0.4) is 0 Å². The highest BCUT2D eigenvalue weighted by Crippen LogP contribution is 2.53. The second-order valence-electron chi connectivity index (χ2n) is 13.5. The van der Waals surface area contributed by atoms with E-state index in [0.717, 1.165) is 37.7 Å². The van der Waals surface area contributed by atoms with Crippen LogP contribution in [0.2, 0.25) is 0 Å². The van der Waals surface area contributed by atoms with Crippen LogP contribution in [-0.4, -0.2) is 65.5 Å². The van der Waals surface area contributed by atoms with Crippen LogP contribution >= 0.6 is 17.6 Å². The van der Waals surface area contributed by atoms with Gasteiger partial charge in [0.15, 0.2) is 0 Å². The van der Waals surface area contributed by atoms with Crippen LogP contribution < -0.4 is 10.0 Å². The van der Waals surface area contributed by atoms with Gasteiger partial charge in [-0.1, -0.05) is 76.1 Å². The van der Waals surface area contributed by atoms with Crippen LogP contribution in [0.25, 0.3) is 0 Å². The average Bonchev–Trinajstić information content (AvgIpc) is 3.34. The van der Waals surface area contributed by atoms with Gasteiger partial charge in [0.2, 0.25) is 0 Å². The van der Waals surface area contributed by atoms with Gasteiger partial charge in [0, 0.05) is 49.5 Å². The fraction of sp³-hybridized carbons (Fsp3) is 0.649. The number of thiol groups is 1. The van der Waals surface area contributed by atoms with Crippen molar-refractivity contribution in [2.24, 2.45) is 17.8 Å². The second kappa shape index (κ2) is 20.1. The van der Waals surface area contributed by atoms with Gasteiger partial charge in [-0.25, -0.2) is 0 Å². The average molecular weight is 722 g/mol. The summed E-state index contributed by atoms with van der Waals surface area (Å²) >= 11 is 10.7. The summed E-state index contributed by atoms with van der Waals surface area (Å²) in [7, 11) is 0. The molecule has 268 valence electrons. The standard InChI is InChI=1S/C37H56NO7PS2/c1-5-7-20-37(4,42)21-12-14-32-31(33(39)27-34(32)45-36(41)26-28(3)6-2)13-10-8-9-11-15-35(40)44-29-16-18-30(19-17-29)46(47,48)38-22-24-43-25-23-38/h8,10,12,14,16-19,28,31-32,34,42H,5-7,9,11,13,15,20-27H2,1-4H3,(H,47,48)/b10-8-,14-12+/t28?,31-,32-,34-,37+/m1/s1. The molecule has 8 nitrogen and oxygen atoms in total. The highest BCUT2D eigenvalue weighted by molar-refractivity contribution is 8.65. The fourth-order valence-corrected chi connectivity index (χ4v) is 9.38. The number of allylic oxidation sites excluding steroid dienone is 2. The first kappa shape index (κ1) is 40.6. The van der Waals surface area contributed by atoms with E-state index in [4.69, 9.17) is 38.3 Å². The van der Waals surface area contributed by atoms with Gasteiger partial charge >= 0.3 is 11.9 Å². The number of morpholine rings is 1. The monoisotopic (exact) mass is 721 g/mol. The SMILES string of the molecule is CCCC[C@](C)(O)C/C=C/[C@H]1[C@H](OC(=O)CC(C)CC)CC(=O)[C@@H]1C/C=C\CCCC(=O)Oc1ccc(P(=S)(S)N2CCOCC2)cc1. The van der Waals surface area contributed by atoms with Gasteiger partial charge in [0.25, 0.3) is 0 Å². The first-order valence-corrected chi connectivity index (χ1v) is 21.5. The van der Waals surface area contributed by atoms with E-state index in [0.29, 0.717) is 57.5 Å². The number of rotatable bonds is 19. The molecule has 2 unspecified atom stereocenters. The van der Waals surface area contributed by atoms with E-state index in [1.165, 1.54) is 0 Å². The van der Waals surface area contributed by atoms with Crippen molar-refractivity contribution in [2.45, 2.75) is 110 Å². The molecule has 1 aromatic carbocycles. The highest BCUT2D eigenvalue weighted by atomic mass is 32.9. The molecule has 1 aliphatic heterocycles. The first-order chi connectivity index (χ1) is 22.9. The van der Waals surface area contributed by atoms with E-state index < -0.39 is 17.1 Å². The molecule has 2 fully saturated rings. The smallest absolute Gasteiger partial charge is 0.311 e. The Kier molecular flexibility index (Phi) is 17.0. The minimum atomic E-state index is -2.18. The molecule has 48 heavy (non-hydrogen) atoms. The van der Waals surface area contributed by atoms with E-state index in [2.05, 4.69) is 11.6 Å². The number of ketones is 1. The molecule has 0 spiro atoms. The lowest BCUT2D eigenvalue weighted by Gasteiger charge is -2.34. The molecule has 1 heterocycles. The molecule has 1 N–H and O–H groups in total. The topological polar surface area (TPSA) is 102 Å². The van der Waals surface area contributed by atoms with Gasteiger partial charge in [0.1, 0.15) is 17.6 Å². The maximum atomic E-state index is 13.1. The van der Waals surface area contributed by atoms with Crippen molar-refractivity contribution in [2.75, 3.05) is 26.3 Å². The summed E-state index contributed by atoms with van der Waals surface area (Å²) < 4.78 is 19.0. The summed E-state index contributed by atoms with van der Waals surface area (Å²) in [5.74, 6) is -0.321. The molecule has 6 atom stereocenters. The summed E-state index contributed by atoms with van der Waals surface area (Å²) in [4.78, 5) is 38.2. The van der Waals surface area contributed by atoms with Crippen LogP contribution in [0.5, 0.6) is 5.75 Å². The molecule has 11 heteroatoms. The van der Waals surface area contributed by atoms with Crippen molar-refractivity contribution in [1.29, 1.82) is 0 Å². The number of esters is 2. The van der Waals surface area contributed by atoms with Crippen molar-refractivity contribution in [3.63, 3.8) is 0 Å². The maximum Gasteiger partial charge on any atom is 0.311 e. The number of unbranched alkanes of at least 4 members (excludes halogenated alkanes) is 2. The summed E-state index contributed by atoms with van der Waals surface area (Å²) in [6, 6.07) is 7.34. The summed E-state index contributed by atoms with van der Waals surface area (Å²) in [5.41, 5.74) is -0.814. The Morgan fingerprint density at radius 2 is 1.85 bits per heavy atom. The molecule has 2 aliphatic rings. The number of ether oxygens (including phenoxy) is 3. The molecule has 0 radical (unpaired) electrons. The molecule has 0 aromatic heterocycles. The van der Waals surface area contributed by atoms with Crippen LogP contribution in [0, 0.1) is 17.8 Å². The zero-order valence-corrected chi connectivity index (χ0v) is 31.8. The van der Waals surface area contributed by atoms with E-state index in [-0.39, 0.29) is 48.3 Å². The summed E-state index contributed by atoms with van der Waals surface area (Å²) in [6.45, 7) is 10.8. The minimum absolute atomic E-state index is 0.0845. The van der Waals surface area contributed by atoms with Crippen molar-refractivity contribution >= 4 is 52.5 Å². The molecular formula is C37H56NO7PS2. The third-order valence-electron chi connectivity index (χ3n) is 9.27. The molecule has 3 rings (SSSR count). The number of nitrogens with zero attached hydrogens (tertiary/aromatic N) is 1. The Hall–Kier alpha value is -1.81. The first-order valence-electron chi connectivity index (χ1n) is 17.6. The van der Waals surface area contributed by atoms with Gasteiger partial charge in [-0.3, -0.25) is 19.1 Å². The second-order valence-corrected chi connectivity index (χ2v) is 19.8. The molecule has 1 aliphatic carbocycles. The normalized spacial score (nSPS) is 23.6. The highest BCUT2D eigenvalue weighted by Gasteiger charge is 2.42. The number of hydrogen-bond donors (Lipinski definition) is 2. The largest absolute Gasteiger partial charge is 0.461 e. The number of carbonyl (C=O) groups excluding carboxylic acids is 3. The van der Waals surface area contributed by atoms with Crippen molar-refractivity contribution < 1.29 is 33.7 Å². The molecule has 1 saturated carbocycles. The van der Waals surface area contributed by atoms with E-state index in [1.54, 1.807) is 12.1 Å².